The highest BCUT2D eigenvalue weighted by molar-refractivity contribution is 7.92. The molecule has 2 N–H and O–H groups in total. The number of hydrogen-bond acceptors (Lipinski definition) is 6. The summed E-state index contributed by atoms with van der Waals surface area (Å²) in [6, 6.07) is 15.4. The number of piperazine rings is 1. The van der Waals surface area contributed by atoms with E-state index >= 15 is 0 Å². The van der Waals surface area contributed by atoms with E-state index in [4.69, 9.17) is 0 Å². The van der Waals surface area contributed by atoms with E-state index in [1.807, 2.05) is 25.1 Å². The maximum atomic E-state index is 13.2. The van der Waals surface area contributed by atoms with E-state index in [-0.39, 0.29) is 16.1 Å². The number of carbonyl (C=O) groups is 1. The van der Waals surface area contributed by atoms with Crippen LogP contribution in [0, 0.1) is 13.8 Å². The molecule has 1 fully saturated rings. The van der Waals surface area contributed by atoms with Crippen LogP contribution in [-0.4, -0.2) is 50.7 Å². The van der Waals surface area contributed by atoms with Gasteiger partial charge in [0, 0.05) is 32.4 Å². The van der Waals surface area contributed by atoms with E-state index in [1.165, 1.54) is 12.1 Å². The van der Waals surface area contributed by atoms with Crippen LogP contribution in [0.15, 0.2) is 65.7 Å². The van der Waals surface area contributed by atoms with Gasteiger partial charge < -0.3 is 14.9 Å². The molecule has 172 valence electrons. The van der Waals surface area contributed by atoms with Crippen molar-refractivity contribution in [2.24, 2.45) is 0 Å². The highest BCUT2D eigenvalue weighted by Gasteiger charge is 2.24. The number of anilines is 3. The predicted octanol–water partition coefficient (Wildman–Crippen LogP) is 3.52. The molecule has 9 heteroatoms. The number of rotatable bonds is 6. The molecule has 0 unspecified atom stereocenters. The zero-order valence-electron chi connectivity index (χ0n) is 18.5. The molecule has 0 saturated carbocycles. The number of benzene rings is 2. The highest BCUT2D eigenvalue weighted by atomic mass is 32.2. The minimum absolute atomic E-state index is 0.0178. The summed E-state index contributed by atoms with van der Waals surface area (Å²) in [4.78, 5) is 20.4. The van der Waals surface area contributed by atoms with Crippen molar-refractivity contribution < 1.29 is 18.3 Å². The molecule has 1 saturated heterocycles. The third-order valence-electron chi connectivity index (χ3n) is 5.70. The SMILES string of the molecule is Cc1ccc(S(=O)(=O)Nc2cc(C(=O)O)ccc2N2CCN(c3ccccn3)CC2)c(C)c1. The fraction of sp³-hybridized carbons (Fsp3) is 0.250. The fourth-order valence-corrected chi connectivity index (χ4v) is 5.34. The summed E-state index contributed by atoms with van der Waals surface area (Å²) in [6.07, 6.45) is 1.76. The zero-order chi connectivity index (χ0) is 23.6. The van der Waals surface area contributed by atoms with Crippen LogP contribution in [0.25, 0.3) is 0 Å². The van der Waals surface area contributed by atoms with Crippen LogP contribution >= 0.6 is 0 Å². The first kappa shape index (κ1) is 22.6. The van der Waals surface area contributed by atoms with E-state index < -0.39 is 16.0 Å². The summed E-state index contributed by atoms with van der Waals surface area (Å²) in [5.41, 5.74) is 2.51. The molecule has 0 bridgehead atoms. The van der Waals surface area contributed by atoms with Gasteiger partial charge in [0.05, 0.1) is 21.8 Å². The maximum Gasteiger partial charge on any atom is 0.335 e. The first-order valence-corrected chi connectivity index (χ1v) is 12.1. The Balaban J connectivity index is 1.63. The van der Waals surface area contributed by atoms with Crippen LogP contribution in [0.2, 0.25) is 0 Å². The second-order valence-corrected chi connectivity index (χ2v) is 9.72. The van der Waals surface area contributed by atoms with Crippen molar-refractivity contribution >= 4 is 33.2 Å². The Morgan fingerprint density at radius 1 is 0.970 bits per heavy atom. The first-order valence-electron chi connectivity index (χ1n) is 10.6. The van der Waals surface area contributed by atoms with E-state index in [0.29, 0.717) is 37.4 Å². The Bertz CT molecular complexity index is 1270. The van der Waals surface area contributed by atoms with Gasteiger partial charge in [-0.05, 0) is 55.8 Å². The van der Waals surface area contributed by atoms with Gasteiger partial charge in [0.2, 0.25) is 0 Å². The average Bonchev–Trinajstić information content (AvgIpc) is 2.79. The van der Waals surface area contributed by atoms with Crippen molar-refractivity contribution in [2.45, 2.75) is 18.7 Å². The van der Waals surface area contributed by atoms with Gasteiger partial charge in [-0.3, -0.25) is 4.72 Å². The molecular formula is C24H26N4O4S. The second-order valence-electron chi connectivity index (χ2n) is 8.07. The third-order valence-corrected chi connectivity index (χ3v) is 7.23. The average molecular weight is 467 g/mol. The molecule has 2 aromatic carbocycles. The van der Waals surface area contributed by atoms with Crippen LogP contribution in [0.1, 0.15) is 21.5 Å². The van der Waals surface area contributed by atoms with Crippen molar-refractivity contribution in [2.75, 3.05) is 40.7 Å². The number of nitrogens with zero attached hydrogens (tertiary/aromatic N) is 3. The Labute approximate surface area is 193 Å². The molecular weight excluding hydrogens is 440 g/mol. The Morgan fingerprint density at radius 2 is 1.70 bits per heavy atom. The first-order chi connectivity index (χ1) is 15.7. The minimum Gasteiger partial charge on any atom is -0.478 e. The number of pyridine rings is 1. The summed E-state index contributed by atoms with van der Waals surface area (Å²) in [5.74, 6) is -0.220. The molecule has 33 heavy (non-hydrogen) atoms. The lowest BCUT2D eigenvalue weighted by atomic mass is 10.1. The number of aromatic carboxylic acids is 1. The van der Waals surface area contributed by atoms with Crippen molar-refractivity contribution in [1.29, 1.82) is 0 Å². The molecule has 1 aromatic heterocycles. The molecule has 1 aliphatic rings. The second kappa shape index (κ2) is 9.11. The molecule has 0 atom stereocenters. The molecule has 3 aromatic rings. The van der Waals surface area contributed by atoms with Gasteiger partial charge in [0.15, 0.2) is 0 Å². The molecule has 0 spiro atoms. The van der Waals surface area contributed by atoms with E-state index in [1.54, 1.807) is 37.4 Å². The number of carboxylic acids is 1. The van der Waals surface area contributed by atoms with E-state index in [2.05, 4.69) is 19.5 Å². The van der Waals surface area contributed by atoms with Gasteiger partial charge in [0.1, 0.15) is 5.82 Å². The van der Waals surface area contributed by atoms with Crippen molar-refractivity contribution in [3.05, 3.63) is 77.5 Å². The van der Waals surface area contributed by atoms with Crippen LogP contribution in [0.5, 0.6) is 0 Å². The van der Waals surface area contributed by atoms with Gasteiger partial charge in [-0.25, -0.2) is 18.2 Å². The van der Waals surface area contributed by atoms with Crippen molar-refractivity contribution in [1.82, 2.24) is 4.98 Å². The Morgan fingerprint density at radius 3 is 2.33 bits per heavy atom. The zero-order valence-corrected chi connectivity index (χ0v) is 19.3. The lowest BCUT2D eigenvalue weighted by molar-refractivity contribution is 0.0697. The lowest BCUT2D eigenvalue weighted by Gasteiger charge is -2.37. The van der Waals surface area contributed by atoms with Gasteiger partial charge in [0.25, 0.3) is 10.0 Å². The quantitative estimate of drug-likeness (QED) is 0.573. The topological polar surface area (TPSA) is 103 Å². The van der Waals surface area contributed by atoms with E-state index in [0.717, 1.165) is 11.4 Å². The molecule has 8 nitrogen and oxygen atoms in total. The van der Waals surface area contributed by atoms with Crippen LogP contribution in [0.4, 0.5) is 17.2 Å². The maximum absolute atomic E-state index is 13.2. The summed E-state index contributed by atoms with van der Waals surface area (Å²) < 4.78 is 29.0. The van der Waals surface area contributed by atoms with Gasteiger partial charge >= 0.3 is 5.97 Å². The minimum atomic E-state index is -3.91. The fourth-order valence-electron chi connectivity index (χ4n) is 4.04. The normalized spacial score (nSPS) is 14.2. The number of hydrogen-bond donors (Lipinski definition) is 2. The molecule has 4 rings (SSSR count). The van der Waals surface area contributed by atoms with Crippen LogP contribution < -0.4 is 14.5 Å². The number of sulfonamides is 1. The van der Waals surface area contributed by atoms with Gasteiger partial charge in [-0.1, -0.05) is 23.8 Å². The highest BCUT2D eigenvalue weighted by Crippen LogP contribution is 2.31. The van der Waals surface area contributed by atoms with Crippen molar-refractivity contribution in [3.8, 4) is 0 Å². The standard InChI is InChI=1S/C24H26N4O4S/c1-17-6-9-22(18(2)15-17)33(31,32)26-20-16-19(24(29)30)7-8-21(20)27-11-13-28(14-12-27)23-5-3-4-10-25-23/h3-10,15-16,26H,11-14H2,1-2H3,(H,29,30). The molecule has 2 heterocycles. The van der Waals surface area contributed by atoms with E-state index in [9.17, 15) is 18.3 Å². The molecule has 0 aliphatic carbocycles. The number of aryl methyl sites for hydroxylation is 2. The number of aromatic nitrogens is 1. The smallest absolute Gasteiger partial charge is 0.335 e. The Kier molecular flexibility index (Phi) is 6.24. The number of carboxylic acid groups (broad SMARTS) is 1. The van der Waals surface area contributed by atoms with Crippen LogP contribution in [0.3, 0.4) is 0 Å². The summed E-state index contributed by atoms with van der Waals surface area (Å²) >= 11 is 0. The molecule has 0 amide bonds. The lowest BCUT2D eigenvalue weighted by Crippen LogP contribution is -2.47. The number of nitrogens with one attached hydrogen (secondary N) is 1. The summed E-state index contributed by atoms with van der Waals surface area (Å²) in [7, 11) is -3.91. The molecule has 0 radical (unpaired) electrons. The summed E-state index contributed by atoms with van der Waals surface area (Å²) in [5, 5.41) is 9.46. The van der Waals surface area contributed by atoms with Gasteiger partial charge in [-0.2, -0.15) is 0 Å². The van der Waals surface area contributed by atoms with Crippen molar-refractivity contribution in [3.63, 3.8) is 0 Å². The molecule has 1 aliphatic heterocycles. The monoisotopic (exact) mass is 466 g/mol. The predicted molar refractivity (Wildman–Crippen MR) is 129 cm³/mol. The third kappa shape index (κ3) is 4.93. The summed E-state index contributed by atoms with van der Waals surface area (Å²) in [6.45, 7) is 6.34. The largest absolute Gasteiger partial charge is 0.478 e. The Hall–Kier alpha value is -3.59. The van der Waals surface area contributed by atoms with Gasteiger partial charge in [-0.15, -0.1) is 0 Å². The van der Waals surface area contributed by atoms with Crippen LogP contribution in [-0.2, 0) is 10.0 Å².